The SMILES string of the molecule is NC(=O)c1ccc[n+]([C@@H]2OC(COP(=O)(O)O)[C@@H](O)C2O)c1. The number of aromatic nitrogens is 1. The summed E-state index contributed by atoms with van der Waals surface area (Å²) in [5.41, 5.74) is 5.32. The monoisotopic (exact) mass is 335 g/mol. The number of aliphatic hydroxyl groups excluding tert-OH is 2. The van der Waals surface area contributed by atoms with Crippen LogP contribution in [0.4, 0.5) is 0 Å². The van der Waals surface area contributed by atoms with Crippen molar-refractivity contribution in [2.75, 3.05) is 6.61 Å². The van der Waals surface area contributed by atoms with Crippen LogP contribution in [0.3, 0.4) is 0 Å². The largest absolute Gasteiger partial charge is 0.469 e. The van der Waals surface area contributed by atoms with Gasteiger partial charge in [-0.1, -0.05) is 0 Å². The van der Waals surface area contributed by atoms with Gasteiger partial charge in [-0.2, -0.15) is 4.57 Å². The minimum atomic E-state index is -4.72. The second-order valence-corrected chi connectivity index (χ2v) is 5.98. The van der Waals surface area contributed by atoms with E-state index in [4.69, 9.17) is 20.3 Å². The van der Waals surface area contributed by atoms with Crippen LogP contribution in [0.1, 0.15) is 16.6 Å². The highest BCUT2D eigenvalue weighted by Gasteiger charge is 2.48. The first-order chi connectivity index (χ1) is 10.2. The van der Waals surface area contributed by atoms with Gasteiger partial charge in [-0.3, -0.25) is 9.32 Å². The van der Waals surface area contributed by atoms with E-state index in [9.17, 15) is 19.6 Å². The smallest absolute Gasteiger partial charge is 0.387 e. The molecule has 0 aromatic carbocycles. The van der Waals surface area contributed by atoms with Gasteiger partial charge in [0, 0.05) is 6.07 Å². The summed E-state index contributed by atoms with van der Waals surface area (Å²) < 4.78 is 21.6. The lowest BCUT2D eigenvalue weighted by Gasteiger charge is -2.13. The van der Waals surface area contributed by atoms with Gasteiger partial charge in [-0.25, -0.2) is 4.57 Å². The fourth-order valence-corrected chi connectivity index (χ4v) is 2.42. The molecule has 0 radical (unpaired) electrons. The molecule has 2 heterocycles. The Labute approximate surface area is 124 Å². The number of rotatable bonds is 5. The van der Waals surface area contributed by atoms with E-state index < -0.39 is 44.9 Å². The second kappa shape index (κ2) is 6.39. The Morgan fingerprint density at radius 2 is 2.09 bits per heavy atom. The number of nitrogens with two attached hydrogens (primary N) is 1. The topological polar surface area (TPSA) is 163 Å². The molecule has 10 nitrogen and oxygen atoms in total. The third kappa shape index (κ3) is 3.87. The molecular weight excluding hydrogens is 319 g/mol. The molecule has 2 unspecified atom stereocenters. The Kier molecular flexibility index (Phi) is 4.93. The molecule has 0 bridgehead atoms. The van der Waals surface area contributed by atoms with Gasteiger partial charge in [0.25, 0.3) is 12.1 Å². The number of carbonyl (C=O) groups excluding carboxylic acids is 1. The summed E-state index contributed by atoms with van der Waals surface area (Å²) in [4.78, 5) is 28.4. The average molecular weight is 335 g/mol. The Bertz CT molecular complexity index is 606. The maximum atomic E-state index is 11.1. The quantitative estimate of drug-likeness (QED) is 0.299. The molecule has 6 N–H and O–H groups in total. The third-order valence-corrected chi connectivity index (χ3v) is 3.63. The van der Waals surface area contributed by atoms with Crippen LogP contribution in [0.5, 0.6) is 0 Å². The summed E-state index contributed by atoms with van der Waals surface area (Å²) in [6.07, 6.45) is -2.18. The van der Waals surface area contributed by atoms with Crippen molar-refractivity contribution >= 4 is 13.7 Å². The number of ether oxygens (including phenoxy) is 1. The summed E-state index contributed by atoms with van der Waals surface area (Å²) in [6, 6.07) is 2.97. The number of carbonyl (C=O) groups is 1. The van der Waals surface area contributed by atoms with Gasteiger partial charge >= 0.3 is 7.82 Å². The van der Waals surface area contributed by atoms with E-state index in [0.29, 0.717) is 0 Å². The molecule has 11 heteroatoms. The second-order valence-electron chi connectivity index (χ2n) is 4.74. The number of nitrogens with zero attached hydrogens (tertiary/aromatic N) is 1. The lowest BCUT2D eigenvalue weighted by atomic mass is 10.1. The fourth-order valence-electron chi connectivity index (χ4n) is 2.08. The molecule has 1 aromatic rings. The van der Waals surface area contributed by atoms with Crippen molar-refractivity contribution in [3.05, 3.63) is 30.1 Å². The number of amides is 1. The Hall–Kier alpha value is -1.39. The minimum absolute atomic E-state index is 0.169. The van der Waals surface area contributed by atoms with E-state index in [2.05, 4.69) is 4.52 Å². The Morgan fingerprint density at radius 1 is 1.41 bits per heavy atom. The zero-order valence-corrected chi connectivity index (χ0v) is 12.1. The summed E-state index contributed by atoms with van der Waals surface area (Å²) >= 11 is 0. The molecular formula is C11H16N2O8P+. The maximum Gasteiger partial charge on any atom is 0.469 e. The summed E-state index contributed by atoms with van der Waals surface area (Å²) in [5, 5.41) is 19.8. The van der Waals surface area contributed by atoms with Crippen molar-refractivity contribution in [2.24, 2.45) is 5.73 Å². The molecule has 0 aliphatic carbocycles. The zero-order valence-electron chi connectivity index (χ0n) is 11.2. The highest BCUT2D eigenvalue weighted by Crippen LogP contribution is 2.37. The van der Waals surface area contributed by atoms with E-state index in [1.165, 1.54) is 29.1 Å². The van der Waals surface area contributed by atoms with Gasteiger partial charge < -0.3 is 30.5 Å². The summed E-state index contributed by atoms with van der Waals surface area (Å²) in [6.45, 7) is -0.602. The van der Waals surface area contributed by atoms with Gasteiger partial charge in [0.05, 0.1) is 6.61 Å². The average Bonchev–Trinajstić information content (AvgIpc) is 2.72. The van der Waals surface area contributed by atoms with Crippen molar-refractivity contribution in [1.29, 1.82) is 0 Å². The number of aliphatic hydroxyl groups is 2. The Morgan fingerprint density at radius 3 is 2.68 bits per heavy atom. The van der Waals surface area contributed by atoms with Crippen molar-refractivity contribution in [1.82, 2.24) is 0 Å². The van der Waals surface area contributed by atoms with E-state index in [1.54, 1.807) is 0 Å². The maximum absolute atomic E-state index is 11.1. The molecule has 1 aromatic heterocycles. The van der Waals surface area contributed by atoms with Crippen LogP contribution in [-0.2, 0) is 13.8 Å². The minimum Gasteiger partial charge on any atom is -0.387 e. The van der Waals surface area contributed by atoms with Crippen LogP contribution in [0.2, 0.25) is 0 Å². The predicted molar refractivity (Wildman–Crippen MR) is 69.1 cm³/mol. The zero-order chi connectivity index (χ0) is 16.5. The van der Waals surface area contributed by atoms with E-state index >= 15 is 0 Å². The van der Waals surface area contributed by atoms with Crippen LogP contribution in [0.15, 0.2) is 24.5 Å². The molecule has 0 spiro atoms. The molecule has 1 amide bonds. The first-order valence-corrected chi connectivity index (χ1v) is 7.74. The number of primary amides is 1. The molecule has 0 saturated carbocycles. The molecule has 1 fully saturated rings. The summed E-state index contributed by atoms with van der Waals surface area (Å²) in [7, 11) is -4.72. The van der Waals surface area contributed by atoms with Gasteiger partial charge in [-0.15, -0.1) is 0 Å². The molecule has 1 aliphatic rings. The van der Waals surface area contributed by atoms with Gasteiger partial charge in [0.2, 0.25) is 0 Å². The lowest BCUT2D eigenvalue weighted by molar-refractivity contribution is -0.765. The van der Waals surface area contributed by atoms with Crippen molar-refractivity contribution < 1.29 is 43.2 Å². The van der Waals surface area contributed by atoms with Crippen molar-refractivity contribution in [3.8, 4) is 0 Å². The van der Waals surface area contributed by atoms with Crippen LogP contribution < -0.4 is 10.3 Å². The molecule has 1 aliphatic heterocycles. The van der Waals surface area contributed by atoms with Crippen molar-refractivity contribution in [2.45, 2.75) is 24.5 Å². The Balaban J connectivity index is 2.14. The number of phosphoric ester groups is 1. The first kappa shape index (κ1) is 17.0. The third-order valence-electron chi connectivity index (χ3n) is 3.14. The first-order valence-electron chi connectivity index (χ1n) is 6.21. The van der Waals surface area contributed by atoms with E-state index in [0.717, 1.165) is 0 Å². The lowest BCUT2D eigenvalue weighted by Crippen LogP contribution is -2.46. The van der Waals surface area contributed by atoms with E-state index in [-0.39, 0.29) is 5.56 Å². The van der Waals surface area contributed by atoms with Gasteiger partial charge in [0.1, 0.15) is 17.8 Å². The van der Waals surface area contributed by atoms with Crippen LogP contribution >= 0.6 is 7.82 Å². The normalized spacial score (nSPS) is 28.7. The highest BCUT2D eigenvalue weighted by atomic mass is 31.2. The van der Waals surface area contributed by atoms with Gasteiger partial charge in [0.15, 0.2) is 18.5 Å². The predicted octanol–water partition coefficient (Wildman–Crippen LogP) is -2.20. The van der Waals surface area contributed by atoms with Crippen LogP contribution in [0, 0.1) is 0 Å². The van der Waals surface area contributed by atoms with Crippen molar-refractivity contribution in [3.63, 3.8) is 0 Å². The molecule has 4 atom stereocenters. The highest BCUT2D eigenvalue weighted by molar-refractivity contribution is 7.46. The number of hydrogen-bond acceptors (Lipinski definition) is 6. The summed E-state index contributed by atoms with van der Waals surface area (Å²) in [5.74, 6) is -0.677. The molecule has 2 rings (SSSR count). The van der Waals surface area contributed by atoms with Crippen LogP contribution in [-0.4, -0.2) is 50.8 Å². The molecule has 122 valence electrons. The number of pyridine rings is 1. The van der Waals surface area contributed by atoms with E-state index in [1.807, 2.05) is 0 Å². The van der Waals surface area contributed by atoms with Crippen LogP contribution in [0.25, 0.3) is 0 Å². The molecule has 22 heavy (non-hydrogen) atoms. The van der Waals surface area contributed by atoms with Gasteiger partial charge in [-0.05, 0) is 6.07 Å². The standard InChI is InChI=1S/C11H15N2O8P/c12-10(16)6-2-1-3-13(4-6)11-9(15)8(14)7(21-11)5-20-22(17,18)19/h1-4,7-9,11,14-15H,5H2,(H3-,12,16,17,18,19)/p+1/t7?,8-,9?,11-/m1/s1. The number of phosphoric acid groups is 1. The number of hydrogen-bond donors (Lipinski definition) is 5. The molecule has 1 saturated heterocycles. The fraction of sp³-hybridized carbons (Fsp3) is 0.455.